The third kappa shape index (κ3) is 3.35. The van der Waals surface area contributed by atoms with Gasteiger partial charge < -0.3 is 15.1 Å². The molecule has 1 saturated heterocycles. The van der Waals surface area contributed by atoms with Crippen LogP contribution < -0.4 is 5.32 Å². The third-order valence-corrected chi connectivity index (χ3v) is 3.59. The van der Waals surface area contributed by atoms with Crippen molar-refractivity contribution in [2.75, 3.05) is 27.2 Å². The predicted molar refractivity (Wildman–Crippen MR) is 71.0 cm³/mol. The van der Waals surface area contributed by atoms with E-state index in [1.807, 2.05) is 19.0 Å². The van der Waals surface area contributed by atoms with Crippen molar-refractivity contribution in [2.24, 2.45) is 11.8 Å². The minimum atomic E-state index is 0.135. The normalized spacial score (nSPS) is 25.5. The first-order chi connectivity index (χ1) is 7.84. The molecule has 1 aliphatic heterocycles. The summed E-state index contributed by atoms with van der Waals surface area (Å²) >= 11 is 0. The van der Waals surface area contributed by atoms with Crippen LogP contribution in [0.15, 0.2) is 0 Å². The molecule has 1 heterocycles. The Hall–Kier alpha value is -0.770. The molecule has 1 N–H and O–H groups in total. The SMILES string of the molecule is CC(C)C1CN(C(=O)N(C)C)C(C(C)C)CN1. The van der Waals surface area contributed by atoms with Crippen LogP contribution in [0.3, 0.4) is 0 Å². The van der Waals surface area contributed by atoms with Gasteiger partial charge in [-0.1, -0.05) is 27.7 Å². The Morgan fingerprint density at radius 3 is 2.24 bits per heavy atom. The quantitative estimate of drug-likeness (QED) is 0.797. The van der Waals surface area contributed by atoms with Crippen LogP contribution in [0.5, 0.6) is 0 Å². The van der Waals surface area contributed by atoms with Gasteiger partial charge in [0.05, 0.1) is 0 Å². The predicted octanol–water partition coefficient (Wildman–Crippen LogP) is 1.62. The number of urea groups is 1. The number of piperazine rings is 1. The maximum atomic E-state index is 12.2. The molecular weight excluding hydrogens is 214 g/mol. The maximum Gasteiger partial charge on any atom is 0.319 e. The number of nitrogens with one attached hydrogen (secondary N) is 1. The molecule has 0 saturated carbocycles. The summed E-state index contributed by atoms with van der Waals surface area (Å²) < 4.78 is 0. The highest BCUT2D eigenvalue weighted by Gasteiger charge is 2.34. The Balaban J connectivity index is 2.79. The van der Waals surface area contributed by atoms with E-state index in [0.717, 1.165) is 13.1 Å². The summed E-state index contributed by atoms with van der Waals surface area (Å²) in [7, 11) is 3.65. The first-order valence-electron chi connectivity index (χ1n) is 6.55. The molecule has 1 aliphatic rings. The molecule has 17 heavy (non-hydrogen) atoms. The molecule has 0 spiro atoms. The van der Waals surface area contributed by atoms with Gasteiger partial charge in [-0.25, -0.2) is 4.79 Å². The average molecular weight is 241 g/mol. The van der Waals surface area contributed by atoms with E-state index in [4.69, 9.17) is 0 Å². The van der Waals surface area contributed by atoms with E-state index in [2.05, 4.69) is 33.0 Å². The number of amides is 2. The smallest absolute Gasteiger partial charge is 0.319 e. The molecule has 0 aromatic rings. The number of carbonyl (C=O) groups excluding carboxylic acids is 1. The number of rotatable bonds is 2. The van der Waals surface area contributed by atoms with Crippen molar-refractivity contribution in [2.45, 2.75) is 39.8 Å². The summed E-state index contributed by atoms with van der Waals surface area (Å²) in [6.45, 7) is 10.5. The monoisotopic (exact) mass is 241 g/mol. The van der Waals surface area contributed by atoms with Crippen molar-refractivity contribution in [3.05, 3.63) is 0 Å². The van der Waals surface area contributed by atoms with Crippen LogP contribution in [0.1, 0.15) is 27.7 Å². The van der Waals surface area contributed by atoms with E-state index >= 15 is 0 Å². The molecule has 1 rings (SSSR count). The van der Waals surface area contributed by atoms with Crippen LogP contribution in [-0.2, 0) is 0 Å². The maximum absolute atomic E-state index is 12.2. The highest BCUT2D eigenvalue weighted by molar-refractivity contribution is 5.74. The molecule has 2 unspecified atom stereocenters. The van der Waals surface area contributed by atoms with Gasteiger partial charge >= 0.3 is 6.03 Å². The lowest BCUT2D eigenvalue weighted by Gasteiger charge is -2.44. The van der Waals surface area contributed by atoms with Gasteiger partial charge in [-0.2, -0.15) is 0 Å². The van der Waals surface area contributed by atoms with Crippen molar-refractivity contribution >= 4 is 6.03 Å². The topological polar surface area (TPSA) is 35.6 Å². The van der Waals surface area contributed by atoms with Gasteiger partial charge in [0.2, 0.25) is 0 Å². The zero-order chi connectivity index (χ0) is 13.2. The lowest BCUT2D eigenvalue weighted by atomic mass is 9.94. The molecule has 4 nitrogen and oxygen atoms in total. The van der Waals surface area contributed by atoms with E-state index < -0.39 is 0 Å². The zero-order valence-electron chi connectivity index (χ0n) is 12.0. The van der Waals surface area contributed by atoms with Gasteiger partial charge in [0, 0.05) is 39.3 Å². The number of hydrogen-bond donors (Lipinski definition) is 1. The van der Waals surface area contributed by atoms with Gasteiger partial charge in [0.1, 0.15) is 0 Å². The Bertz CT molecular complexity index is 263. The molecule has 0 aromatic carbocycles. The number of hydrogen-bond acceptors (Lipinski definition) is 2. The second-order valence-corrected chi connectivity index (χ2v) is 5.90. The molecule has 2 atom stereocenters. The fourth-order valence-corrected chi connectivity index (χ4v) is 2.31. The summed E-state index contributed by atoms with van der Waals surface area (Å²) in [5, 5.41) is 3.56. The summed E-state index contributed by atoms with van der Waals surface area (Å²) in [6.07, 6.45) is 0. The van der Waals surface area contributed by atoms with Gasteiger partial charge in [-0.05, 0) is 11.8 Å². The third-order valence-electron chi connectivity index (χ3n) is 3.59. The first-order valence-corrected chi connectivity index (χ1v) is 6.55. The molecule has 100 valence electrons. The first kappa shape index (κ1) is 14.3. The van der Waals surface area contributed by atoms with Gasteiger partial charge in [-0.15, -0.1) is 0 Å². The van der Waals surface area contributed by atoms with E-state index in [0.29, 0.717) is 23.9 Å². The summed E-state index contributed by atoms with van der Waals surface area (Å²) in [4.78, 5) is 15.9. The number of carbonyl (C=O) groups is 1. The molecule has 0 aliphatic carbocycles. The minimum absolute atomic E-state index is 0.135. The van der Waals surface area contributed by atoms with E-state index in [1.54, 1.807) is 4.90 Å². The Kier molecular flexibility index (Phi) is 4.80. The van der Waals surface area contributed by atoms with Crippen LogP contribution in [0.2, 0.25) is 0 Å². The van der Waals surface area contributed by atoms with Gasteiger partial charge in [0.25, 0.3) is 0 Å². The van der Waals surface area contributed by atoms with E-state index in [9.17, 15) is 4.79 Å². The van der Waals surface area contributed by atoms with Gasteiger partial charge in [0.15, 0.2) is 0 Å². The Morgan fingerprint density at radius 2 is 1.82 bits per heavy atom. The van der Waals surface area contributed by atoms with E-state index in [-0.39, 0.29) is 6.03 Å². The second kappa shape index (κ2) is 5.71. The van der Waals surface area contributed by atoms with Crippen molar-refractivity contribution in [3.8, 4) is 0 Å². The molecule has 1 fully saturated rings. The second-order valence-electron chi connectivity index (χ2n) is 5.90. The largest absolute Gasteiger partial charge is 0.331 e. The van der Waals surface area contributed by atoms with Crippen LogP contribution in [0, 0.1) is 11.8 Å². The molecule has 0 aromatic heterocycles. The van der Waals surface area contributed by atoms with Crippen molar-refractivity contribution in [1.29, 1.82) is 0 Å². The van der Waals surface area contributed by atoms with E-state index in [1.165, 1.54) is 0 Å². The zero-order valence-corrected chi connectivity index (χ0v) is 12.0. The van der Waals surface area contributed by atoms with Crippen LogP contribution in [-0.4, -0.2) is 55.1 Å². The standard InChI is InChI=1S/C13H27N3O/c1-9(2)11-8-16(13(17)15(5)6)12(7-14-11)10(3)4/h9-12,14H,7-8H2,1-6H3. The average Bonchev–Trinajstić information content (AvgIpc) is 2.26. The molecule has 2 amide bonds. The van der Waals surface area contributed by atoms with Crippen molar-refractivity contribution < 1.29 is 4.79 Å². The lowest BCUT2D eigenvalue weighted by Crippen LogP contribution is -2.62. The van der Waals surface area contributed by atoms with Crippen LogP contribution >= 0.6 is 0 Å². The summed E-state index contributed by atoms with van der Waals surface area (Å²) in [5.74, 6) is 1.04. The molecule has 4 heteroatoms. The molecular formula is C13H27N3O. The van der Waals surface area contributed by atoms with Gasteiger partial charge in [-0.3, -0.25) is 0 Å². The summed E-state index contributed by atoms with van der Waals surface area (Å²) in [5.41, 5.74) is 0. The Morgan fingerprint density at radius 1 is 1.24 bits per heavy atom. The fourth-order valence-electron chi connectivity index (χ4n) is 2.31. The number of nitrogens with zero attached hydrogens (tertiary/aromatic N) is 2. The highest BCUT2D eigenvalue weighted by atomic mass is 16.2. The summed E-state index contributed by atoms with van der Waals surface area (Å²) in [6, 6.07) is 0.852. The fraction of sp³-hybridized carbons (Fsp3) is 0.923. The lowest BCUT2D eigenvalue weighted by molar-refractivity contribution is 0.0905. The van der Waals surface area contributed by atoms with Crippen LogP contribution in [0.4, 0.5) is 4.79 Å². The molecule has 0 radical (unpaired) electrons. The van der Waals surface area contributed by atoms with Crippen LogP contribution in [0.25, 0.3) is 0 Å². The molecule has 0 bridgehead atoms. The van der Waals surface area contributed by atoms with Crippen molar-refractivity contribution in [3.63, 3.8) is 0 Å². The minimum Gasteiger partial charge on any atom is -0.331 e. The highest BCUT2D eigenvalue weighted by Crippen LogP contribution is 2.19. The Labute approximate surface area is 105 Å². The van der Waals surface area contributed by atoms with Crippen molar-refractivity contribution in [1.82, 2.24) is 15.1 Å².